The van der Waals surface area contributed by atoms with Crippen LogP contribution in [0.5, 0.6) is 5.75 Å². The smallest absolute Gasteiger partial charge is 0.335 e. The number of amides is 3. The van der Waals surface area contributed by atoms with E-state index in [9.17, 15) is 19.5 Å². The zero-order valence-electron chi connectivity index (χ0n) is 22.3. The molecular formula is C28H34ClN3O5S. The van der Waals surface area contributed by atoms with Crippen LogP contribution in [0.2, 0.25) is 5.02 Å². The van der Waals surface area contributed by atoms with Crippen molar-refractivity contribution < 1.29 is 24.2 Å². The van der Waals surface area contributed by atoms with Crippen molar-refractivity contribution >= 4 is 46.7 Å². The van der Waals surface area contributed by atoms with Gasteiger partial charge in [0.2, 0.25) is 5.91 Å². The van der Waals surface area contributed by atoms with Crippen LogP contribution in [0.3, 0.4) is 0 Å². The first-order chi connectivity index (χ1) is 17.8. The van der Waals surface area contributed by atoms with E-state index in [2.05, 4.69) is 10.6 Å². The maximum absolute atomic E-state index is 13.6. The molecule has 2 aromatic carbocycles. The van der Waals surface area contributed by atoms with Crippen molar-refractivity contribution in [3.8, 4) is 5.75 Å². The third-order valence-electron chi connectivity index (χ3n) is 6.61. The van der Waals surface area contributed by atoms with Gasteiger partial charge >= 0.3 is 12.0 Å². The molecule has 0 aliphatic carbocycles. The SMILES string of the molecule is CC[C@@H](NC(=O)N1CC(=S)NC[C@H](Cc2cc(Cl)ccc2OC)C1=O)c1ccc(C(=O)O)c(C(C)(C)C)c1. The van der Waals surface area contributed by atoms with E-state index in [0.717, 1.165) is 16.0 Å². The van der Waals surface area contributed by atoms with Crippen molar-refractivity contribution in [2.45, 2.75) is 52.0 Å². The quantitative estimate of drug-likeness (QED) is 0.404. The summed E-state index contributed by atoms with van der Waals surface area (Å²) >= 11 is 11.6. The molecule has 38 heavy (non-hydrogen) atoms. The first kappa shape index (κ1) is 29.4. The van der Waals surface area contributed by atoms with Gasteiger partial charge in [0.15, 0.2) is 0 Å². The second-order valence-electron chi connectivity index (χ2n) is 10.4. The number of imide groups is 1. The van der Waals surface area contributed by atoms with Gasteiger partial charge in [0.1, 0.15) is 5.75 Å². The molecule has 1 aliphatic heterocycles. The number of urea groups is 1. The lowest BCUT2D eigenvalue weighted by atomic mass is 9.82. The fraction of sp³-hybridized carbons (Fsp3) is 0.429. The molecule has 0 unspecified atom stereocenters. The number of nitrogens with one attached hydrogen (secondary N) is 2. The summed E-state index contributed by atoms with van der Waals surface area (Å²) in [7, 11) is 1.55. The average Bonchev–Trinajstić information content (AvgIpc) is 3.00. The van der Waals surface area contributed by atoms with Crippen LogP contribution in [-0.2, 0) is 16.6 Å². The van der Waals surface area contributed by atoms with Gasteiger partial charge < -0.3 is 20.5 Å². The highest BCUT2D eigenvalue weighted by Gasteiger charge is 2.34. The summed E-state index contributed by atoms with van der Waals surface area (Å²) in [5.74, 6) is -1.33. The molecular weight excluding hydrogens is 526 g/mol. The Hall–Kier alpha value is -3.17. The van der Waals surface area contributed by atoms with Crippen molar-refractivity contribution in [1.82, 2.24) is 15.5 Å². The number of ether oxygens (including phenoxy) is 1. The molecule has 10 heteroatoms. The van der Waals surface area contributed by atoms with Crippen molar-refractivity contribution in [3.05, 3.63) is 63.7 Å². The number of benzene rings is 2. The highest BCUT2D eigenvalue weighted by Crippen LogP contribution is 2.30. The zero-order chi connectivity index (χ0) is 28.2. The number of hydrogen-bond acceptors (Lipinski definition) is 5. The van der Waals surface area contributed by atoms with Crippen LogP contribution >= 0.6 is 23.8 Å². The second-order valence-corrected chi connectivity index (χ2v) is 11.3. The third-order valence-corrected chi connectivity index (χ3v) is 7.12. The highest BCUT2D eigenvalue weighted by atomic mass is 35.5. The average molecular weight is 560 g/mol. The number of carbonyl (C=O) groups excluding carboxylic acids is 2. The summed E-state index contributed by atoms with van der Waals surface area (Å²) in [5.41, 5.74) is 1.99. The lowest BCUT2D eigenvalue weighted by Crippen LogP contribution is -2.48. The summed E-state index contributed by atoms with van der Waals surface area (Å²) in [6, 6.07) is 9.31. The van der Waals surface area contributed by atoms with Crippen LogP contribution < -0.4 is 15.4 Å². The zero-order valence-corrected chi connectivity index (χ0v) is 23.8. The number of carbonyl (C=O) groups is 3. The van der Waals surface area contributed by atoms with Crippen molar-refractivity contribution in [2.24, 2.45) is 5.92 Å². The van der Waals surface area contributed by atoms with Crippen LogP contribution in [0.1, 0.15) is 67.2 Å². The topological polar surface area (TPSA) is 108 Å². The van der Waals surface area contributed by atoms with E-state index in [0.29, 0.717) is 34.2 Å². The number of methoxy groups -OCH3 is 1. The van der Waals surface area contributed by atoms with Crippen LogP contribution in [0, 0.1) is 5.92 Å². The predicted octanol–water partition coefficient (Wildman–Crippen LogP) is 5.12. The van der Waals surface area contributed by atoms with Crippen LogP contribution in [-0.4, -0.2) is 53.1 Å². The predicted molar refractivity (Wildman–Crippen MR) is 151 cm³/mol. The molecule has 1 saturated heterocycles. The Kier molecular flexibility index (Phi) is 9.38. The Bertz CT molecular complexity index is 1240. The molecule has 3 rings (SSSR count). The number of nitrogens with zero attached hydrogens (tertiary/aromatic N) is 1. The first-order valence-electron chi connectivity index (χ1n) is 12.4. The summed E-state index contributed by atoms with van der Waals surface area (Å²) < 4.78 is 5.43. The molecule has 0 aromatic heterocycles. The van der Waals surface area contributed by atoms with Crippen LogP contribution in [0.15, 0.2) is 36.4 Å². The molecule has 2 aromatic rings. The van der Waals surface area contributed by atoms with Gasteiger partial charge in [0.25, 0.3) is 0 Å². The fourth-order valence-corrected chi connectivity index (χ4v) is 4.97. The van der Waals surface area contributed by atoms with Gasteiger partial charge in [-0.1, -0.05) is 63.6 Å². The molecule has 204 valence electrons. The number of carboxylic acid groups (broad SMARTS) is 1. The summed E-state index contributed by atoms with van der Waals surface area (Å²) in [6.45, 7) is 7.98. The molecule has 0 radical (unpaired) electrons. The lowest BCUT2D eigenvalue weighted by Gasteiger charge is -2.27. The standard InChI is InChI=1S/C28H34ClN3O5S/c1-6-22(16-7-9-20(26(34)35)21(13-16)28(2,3)4)31-27(36)32-15-24(38)30-14-18(25(32)33)11-17-12-19(29)8-10-23(17)37-5/h7-10,12-13,18,22H,6,11,14-15H2,1-5H3,(H,30,38)(H,31,36)(H,34,35)/t18-,22+/m0/s1. The second kappa shape index (κ2) is 12.1. The van der Waals surface area contributed by atoms with Gasteiger partial charge in [0, 0.05) is 11.6 Å². The molecule has 3 N–H and O–H groups in total. The van der Waals surface area contributed by atoms with Crippen LogP contribution in [0.25, 0.3) is 0 Å². The Morgan fingerprint density at radius 1 is 1.26 bits per heavy atom. The Morgan fingerprint density at radius 2 is 1.97 bits per heavy atom. The van der Waals surface area contributed by atoms with Gasteiger partial charge in [0.05, 0.1) is 36.2 Å². The summed E-state index contributed by atoms with van der Waals surface area (Å²) in [5, 5.41) is 16.2. The number of halogens is 1. The van der Waals surface area contributed by atoms with E-state index in [1.54, 1.807) is 37.4 Å². The number of carboxylic acids is 1. The van der Waals surface area contributed by atoms with Crippen molar-refractivity contribution in [2.75, 3.05) is 20.2 Å². The molecule has 0 saturated carbocycles. The molecule has 3 amide bonds. The Labute approximate surface area is 233 Å². The number of hydrogen-bond donors (Lipinski definition) is 3. The molecule has 0 bridgehead atoms. The van der Waals surface area contributed by atoms with Gasteiger partial charge in [-0.05, 0) is 59.2 Å². The van der Waals surface area contributed by atoms with Gasteiger partial charge in [-0.3, -0.25) is 9.69 Å². The molecule has 8 nitrogen and oxygen atoms in total. The third kappa shape index (κ3) is 6.82. The Balaban J connectivity index is 1.86. The molecule has 1 heterocycles. The minimum Gasteiger partial charge on any atom is -0.496 e. The Morgan fingerprint density at radius 3 is 2.58 bits per heavy atom. The van der Waals surface area contributed by atoms with Gasteiger partial charge in [-0.15, -0.1) is 0 Å². The van der Waals surface area contributed by atoms with E-state index < -0.39 is 29.4 Å². The largest absolute Gasteiger partial charge is 0.496 e. The van der Waals surface area contributed by atoms with E-state index >= 15 is 0 Å². The maximum Gasteiger partial charge on any atom is 0.335 e. The van der Waals surface area contributed by atoms with E-state index in [4.69, 9.17) is 28.6 Å². The number of rotatable bonds is 7. The monoisotopic (exact) mass is 559 g/mol. The summed E-state index contributed by atoms with van der Waals surface area (Å²) in [4.78, 5) is 40.3. The van der Waals surface area contributed by atoms with Crippen molar-refractivity contribution in [3.63, 3.8) is 0 Å². The van der Waals surface area contributed by atoms with Crippen LogP contribution in [0.4, 0.5) is 4.79 Å². The minimum absolute atomic E-state index is 0.0369. The molecule has 0 spiro atoms. The van der Waals surface area contributed by atoms with E-state index in [1.165, 1.54) is 0 Å². The van der Waals surface area contributed by atoms with Crippen molar-refractivity contribution in [1.29, 1.82) is 0 Å². The van der Waals surface area contributed by atoms with Gasteiger partial charge in [-0.25, -0.2) is 9.59 Å². The molecule has 1 aliphatic rings. The van der Waals surface area contributed by atoms with Gasteiger partial charge in [-0.2, -0.15) is 0 Å². The maximum atomic E-state index is 13.6. The molecule has 2 atom stereocenters. The van der Waals surface area contributed by atoms with E-state index in [1.807, 2.05) is 33.8 Å². The van der Waals surface area contributed by atoms with E-state index in [-0.39, 0.29) is 24.6 Å². The summed E-state index contributed by atoms with van der Waals surface area (Å²) in [6.07, 6.45) is 0.848. The normalized spacial score (nSPS) is 16.9. The minimum atomic E-state index is -1.00. The number of aromatic carboxylic acids is 1. The fourth-order valence-electron chi connectivity index (χ4n) is 4.56. The first-order valence-corrected chi connectivity index (χ1v) is 13.2. The lowest BCUT2D eigenvalue weighted by molar-refractivity contribution is -0.131. The highest BCUT2D eigenvalue weighted by molar-refractivity contribution is 7.80. The molecule has 1 fully saturated rings. The number of thiocarbonyl (C=S) groups is 1.